The van der Waals surface area contributed by atoms with Crippen LogP contribution in [0.2, 0.25) is 0 Å². The molecule has 6 heteroatoms. The zero-order chi connectivity index (χ0) is 17.2. The van der Waals surface area contributed by atoms with Crippen LogP contribution in [0.4, 0.5) is 5.82 Å². The van der Waals surface area contributed by atoms with E-state index in [1.165, 1.54) is 0 Å². The Hall–Kier alpha value is -2.37. The molecule has 0 saturated carbocycles. The molecule has 0 saturated heterocycles. The monoisotopic (exact) mass is 329 g/mol. The number of hydrogen-bond acceptors (Lipinski definition) is 5. The van der Waals surface area contributed by atoms with Crippen LogP contribution in [0.1, 0.15) is 40.0 Å². The van der Waals surface area contributed by atoms with Gasteiger partial charge in [-0.25, -0.2) is 4.98 Å². The van der Waals surface area contributed by atoms with Crippen LogP contribution in [0.15, 0.2) is 36.9 Å². The first kappa shape index (κ1) is 18.0. The van der Waals surface area contributed by atoms with E-state index < -0.39 is 0 Å². The summed E-state index contributed by atoms with van der Waals surface area (Å²) in [6, 6.07) is 6.25. The van der Waals surface area contributed by atoms with E-state index in [1.54, 1.807) is 12.6 Å². The van der Waals surface area contributed by atoms with Gasteiger partial charge in [0.2, 0.25) is 0 Å². The molecule has 0 atom stereocenters. The number of aryl methyl sites for hydroxylation is 1. The highest BCUT2D eigenvalue weighted by Crippen LogP contribution is 2.17. The smallest absolute Gasteiger partial charge is 0.182 e. The molecule has 0 spiro atoms. The van der Waals surface area contributed by atoms with Crippen molar-refractivity contribution in [1.82, 2.24) is 19.7 Å². The van der Waals surface area contributed by atoms with E-state index in [-0.39, 0.29) is 0 Å². The third-order valence-electron chi connectivity index (χ3n) is 3.37. The normalized spacial score (nSPS) is 11.3. The maximum absolute atomic E-state index is 5.42. The van der Waals surface area contributed by atoms with Gasteiger partial charge in [0.05, 0.1) is 12.9 Å². The molecule has 0 unspecified atom stereocenters. The molecule has 0 aliphatic heterocycles. The molecule has 0 aliphatic rings. The highest BCUT2D eigenvalue weighted by Gasteiger charge is 2.09. The van der Waals surface area contributed by atoms with Crippen LogP contribution < -0.4 is 5.32 Å². The van der Waals surface area contributed by atoms with Gasteiger partial charge in [-0.15, -0.1) is 10.2 Å². The van der Waals surface area contributed by atoms with Crippen molar-refractivity contribution < 1.29 is 4.74 Å². The first-order chi connectivity index (χ1) is 11.7. The maximum Gasteiger partial charge on any atom is 0.182 e. The number of pyridine rings is 1. The molecule has 0 bridgehead atoms. The van der Waals surface area contributed by atoms with Gasteiger partial charge in [-0.2, -0.15) is 0 Å². The first-order valence-electron chi connectivity index (χ1n) is 8.59. The topological polar surface area (TPSA) is 64.9 Å². The quantitative estimate of drug-likeness (QED) is 0.529. The third-order valence-corrected chi connectivity index (χ3v) is 3.37. The van der Waals surface area contributed by atoms with Gasteiger partial charge in [-0.05, 0) is 45.2 Å². The van der Waals surface area contributed by atoms with Gasteiger partial charge in [0.15, 0.2) is 5.82 Å². The zero-order valence-corrected chi connectivity index (χ0v) is 14.8. The average molecular weight is 329 g/mol. The molecular weight excluding hydrogens is 302 g/mol. The Morgan fingerprint density at radius 2 is 2.17 bits per heavy atom. The van der Waals surface area contributed by atoms with Crippen LogP contribution in [0.3, 0.4) is 0 Å². The molecule has 2 heterocycles. The molecule has 2 aromatic heterocycles. The van der Waals surface area contributed by atoms with Gasteiger partial charge in [0.1, 0.15) is 17.8 Å². The lowest BCUT2D eigenvalue weighted by Gasteiger charge is -2.10. The van der Waals surface area contributed by atoms with Crippen LogP contribution in [0, 0.1) is 0 Å². The number of unbranched alkanes of at least 4 members (excludes halogenated alkanes) is 1. The molecule has 1 N–H and O–H groups in total. The van der Waals surface area contributed by atoms with Crippen LogP contribution in [-0.2, 0) is 11.3 Å². The van der Waals surface area contributed by atoms with E-state index in [4.69, 9.17) is 4.74 Å². The van der Waals surface area contributed by atoms with Crippen molar-refractivity contribution in [1.29, 1.82) is 0 Å². The van der Waals surface area contributed by atoms with Crippen LogP contribution in [0.25, 0.3) is 11.5 Å². The van der Waals surface area contributed by atoms with E-state index in [2.05, 4.69) is 41.3 Å². The number of ether oxygens (including phenoxy) is 1. The minimum atomic E-state index is 0.340. The zero-order valence-electron chi connectivity index (χ0n) is 14.8. The summed E-state index contributed by atoms with van der Waals surface area (Å²) >= 11 is 0. The van der Waals surface area contributed by atoms with Crippen molar-refractivity contribution in [3.05, 3.63) is 36.9 Å². The average Bonchev–Trinajstić information content (AvgIpc) is 3.02. The van der Waals surface area contributed by atoms with Gasteiger partial charge in [-0.3, -0.25) is 0 Å². The summed E-state index contributed by atoms with van der Waals surface area (Å²) in [6.45, 7) is 7.86. The molecule has 0 aromatic carbocycles. The SMILES string of the molecule is CC/C=C/OCCCCn1cnnc1-c1cccc(NC(C)C)n1. The molecule has 0 fully saturated rings. The fourth-order valence-electron chi connectivity index (χ4n) is 2.25. The van der Waals surface area contributed by atoms with Gasteiger partial charge >= 0.3 is 0 Å². The van der Waals surface area contributed by atoms with Crippen molar-refractivity contribution in [3.63, 3.8) is 0 Å². The second-order valence-corrected chi connectivity index (χ2v) is 5.91. The van der Waals surface area contributed by atoms with Crippen molar-refractivity contribution in [2.24, 2.45) is 0 Å². The van der Waals surface area contributed by atoms with Crippen LogP contribution >= 0.6 is 0 Å². The summed E-state index contributed by atoms with van der Waals surface area (Å²) in [4.78, 5) is 4.63. The lowest BCUT2D eigenvalue weighted by molar-refractivity contribution is 0.239. The van der Waals surface area contributed by atoms with Crippen LogP contribution in [0.5, 0.6) is 0 Å². The number of anilines is 1. The number of nitrogens with one attached hydrogen (secondary N) is 1. The van der Waals surface area contributed by atoms with Crippen molar-refractivity contribution in [2.75, 3.05) is 11.9 Å². The summed E-state index contributed by atoms with van der Waals surface area (Å²) in [6.07, 6.45) is 8.56. The van der Waals surface area contributed by atoms with Gasteiger partial charge < -0.3 is 14.6 Å². The maximum atomic E-state index is 5.42. The second-order valence-electron chi connectivity index (χ2n) is 5.91. The molecule has 0 amide bonds. The molecule has 0 aliphatic carbocycles. The molecule has 130 valence electrons. The standard InChI is InChI=1S/C18H27N5O/c1-4-5-12-24-13-7-6-11-23-14-19-22-18(23)16-9-8-10-17(21-16)20-15(2)3/h5,8-10,12,14-15H,4,6-7,11,13H2,1-3H3,(H,20,21)/b12-5+. The minimum absolute atomic E-state index is 0.340. The Bertz CT molecular complexity index is 636. The molecule has 2 rings (SSSR count). The van der Waals surface area contributed by atoms with Crippen molar-refractivity contribution in [2.45, 2.75) is 52.6 Å². The Morgan fingerprint density at radius 3 is 2.96 bits per heavy atom. The van der Waals surface area contributed by atoms with E-state index in [0.29, 0.717) is 6.04 Å². The Kier molecular flexibility index (Phi) is 7.26. The van der Waals surface area contributed by atoms with E-state index in [0.717, 1.165) is 49.8 Å². The highest BCUT2D eigenvalue weighted by molar-refractivity contribution is 5.53. The summed E-state index contributed by atoms with van der Waals surface area (Å²) in [5, 5.41) is 11.6. The number of hydrogen-bond donors (Lipinski definition) is 1. The summed E-state index contributed by atoms with van der Waals surface area (Å²) in [5.41, 5.74) is 0.834. The van der Waals surface area contributed by atoms with E-state index >= 15 is 0 Å². The number of allylic oxidation sites excluding steroid dienone is 1. The number of nitrogens with zero attached hydrogens (tertiary/aromatic N) is 4. The lowest BCUT2D eigenvalue weighted by Crippen LogP contribution is -2.11. The Labute approximate surface area is 144 Å². The molecule has 0 radical (unpaired) electrons. The Morgan fingerprint density at radius 1 is 1.29 bits per heavy atom. The molecular formula is C18H27N5O. The molecule has 24 heavy (non-hydrogen) atoms. The predicted octanol–water partition coefficient (Wildman–Crippen LogP) is 3.88. The Balaban J connectivity index is 1.91. The summed E-state index contributed by atoms with van der Waals surface area (Å²) in [7, 11) is 0. The second kappa shape index (κ2) is 9.70. The van der Waals surface area contributed by atoms with Gasteiger partial charge in [-0.1, -0.05) is 19.1 Å². The van der Waals surface area contributed by atoms with Gasteiger partial charge in [0, 0.05) is 12.6 Å². The molecule has 2 aromatic rings. The fraction of sp³-hybridized carbons (Fsp3) is 0.500. The number of rotatable bonds is 10. The van der Waals surface area contributed by atoms with Crippen molar-refractivity contribution in [3.8, 4) is 11.5 Å². The molecule has 6 nitrogen and oxygen atoms in total. The lowest BCUT2D eigenvalue weighted by atomic mass is 10.3. The highest BCUT2D eigenvalue weighted by atomic mass is 16.5. The van der Waals surface area contributed by atoms with E-state index in [9.17, 15) is 0 Å². The first-order valence-corrected chi connectivity index (χ1v) is 8.59. The summed E-state index contributed by atoms with van der Waals surface area (Å²) < 4.78 is 7.46. The van der Waals surface area contributed by atoms with Crippen LogP contribution in [-0.4, -0.2) is 32.4 Å². The largest absolute Gasteiger partial charge is 0.502 e. The third kappa shape index (κ3) is 5.68. The fourth-order valence-corrected chi connectivity index (χ4v) is 2.25. The predicted molar refractivity (Wildman–Crippen MR) is 96.6 cm³/mol. The van der Waals surface area contributed by atoms with Gasteiger partial charge in [0.25, 0.3) is 0 Å². The number of aromatic nitrogens is 4. The van der Waals surface area contributed by atoms with E-state index in [1.807, 2.05) is 28.8 Å². The summed E-state index contributed by atoms with van der Waals surface area (Å²) in [5.74, 6) is 1.65. The minimum Gasteiger partial charge on any atom is -0.502 e. The van der Waals surface area contributed by atoms with Crippen molar-refractivity contribution >= 4 is 5.82 Å².